The van der Waals surface area contributed by atoms with Crippen LogP contribution in [0, 0.1) is 6.92 Å². The molecule has 2 aromatic carbocycles. The minimum absolute atomic E-state index is 1.35. The van der Waals surface area contributed by atoms with E-state index in [0.29, 0.717) is 0 Å². The van der Waals surface area contributed by atoms with Crippen LogP contribution in [-0.4, -0.2) is 0 Å². The smallest absolute Gasteiger partial charge is 0.200 e. The summed E-state index contributed by atoms with van der Waals surface area (Å²) in [7, 11) is 2.17. The number of hydrogen-bond acceptors (Lipinski definition) is 3. The summed E-state index contributed by atoms with van der Waals surface area (Å²) in [6.07, 6.45) is 2.22. The molecule has 0 N–H and O–H groups in total. The molecule has 0 atom stereocenters. The van der Waals surface area contributed by atoms with Crippen molar-refractivity contribution in [2.45, 2.75) is 16.7 Å². The van der Waals surface area contributed by atoms with E-state index in [2.05, 4.69) is 66.5 Å². The fourth-order valence-corrected chi connectivity index (χ4v) is 7.51. The van der Waals surface area contributed by atoms with Gasteiger partial charge in [0.05, 0.1) is 15.0 Å². The maximum absolute atomic E-state index is 2.42. The molecule has 0 bridgehead atoms. The van der Waals surface area contributed by atoms with E-state index >= 15 is 0 Å². The highest BCUT2D eigenvalue weighted by molar-refractivity contribution is 7.99. The molecular weight excluding hydrogens is 362 g/mol. The second kappa shape index (κ2) is 4.85. The first-order chi connectivity index (χ1) is 12.2. The van der Waals surface area contributed by atoms with E-state index in [9.17, 15) is 0 Å². The highest BCUT2D eigenvalue weighted by Crippen LogP contribution is 2.51. The van der Waals surface area contributed by atoms with Crippen LogP contribution in [0.4, 0.5) is 0 Å². The van der Waals surface area contributed by atoms with Gasteiger partial charge in [0.25, 0.3) is 0 Å². The Labute approximate surface area is 157 Å². The number of hydrogen-bond donors (Lipinski definition) is 0. The van der Waals surface area contributed by atoms with Gasteiger partial charge in [-0.3, -0.25) is 0 Å². The summed E-state index contributed by atoms with van der Waals surface area (Å²) in [5.41, 5.74) is 4.11. The van der Waals surface area contributed by atoms with Crippen LogP contribution >= 0.6 is 34.4 Å². The SMILES string of the molecule is Cc1cccc2c1-c1c3c(cc4c5ccsc5sc4c3cc[n+]1C)S2. The average Bonchev–Trinajstić information content (AvgIpc) is 3.18. The molecule has 1 aliphatic heterocycles. The first-order valence-corrected chi connectivity index (χ1v) is 10.8. The molecule has 5 aromatic rings. The van der Waals surface area contributed by atoms with E-state index < -0.39 is 0 Å². The van der Waals surface area contributed by atoms with Gasteiger partial charge in [-0.25, -0.2) is 4.57 Å². The Kier molecular flexibility index (Phi) is 2.77. The van der Waals surface area contributed by atoms with Gasteiger partial charge in [0.2, 0.25) is 5.69 Å². The summed E-state index contributed by atoms with van der Waals surface area (Å²) in [5.74, 6) is 0. The highest BCUT2D eigenvalue weighted by Gasteiger charge is 2.29. The molecule has 4 heterocycles. The third kappa shape index (κ3) is 1.77. The molecule has 6 rings (SSSR count). The Morgan fingerprint density at radius 1 is 0.960 bits per heavy atom. The van der Waals surface area contributed by atoms with E-state index in [1.54, 1.807) is 0 Å². The van der Waals surface area contributed by atoms with E-state index in [0.717, 1.165) is 0 Å². The monoisotopic (exact) mass is 376 g/mol. The lowest BCUT2D eigenvalue weighted by atomic mass is 9.98. The van der Waals surface area contributed by atoms with Crippen molar-refractivity contribution in [1.82, 2.24) is 0 Å². The minimum Gasteiger partial charge on any atom is -0.200 e. The van der Waals surface area contributed by atoms with Crippen LogP contribution in [0.3, 0.4) is 0 Å². The molecule has 4 heteroatoms. The molecular formula is C21H14NS3+. The molecule has 0 amide bonds. The van der Waals surface area contributed by atoms with Gasteiger partial charge in [0.15, 0.2) is 6.20 Å². The van der Waals surface area contributed by atoms with Crippen molar-refractivity contribution in [3.8, 4) is 11.3 Å². The van der Waals surface area contributed by atoms with Gasteiger partial charge in [-0.05, 0) is 36.1 Å². The largest absolute Gasteiger partial charge is 0.222 e. The van der Waals surface area contributed by atoms with E-state index in [1.165, 1.54) is 56.9 Å². The molecule has 120 valence electrons. The molecule has 0 radical (unpaired) electrons. The zero-order valence-electron chi connectivity index (χ0n) is 13.8. The maximum Gasteiger partial charge on any atom is 0.222 e. The highest BCUT2D eigenvalue weighted by atomic mass is 32.2. The molecule has 3 aromatic heterocycles. The van der Waals surface area contributed by atoms with Gasteiger partial charge >= 0.3 is 0 Å². The molecule has 1 nitrogen and oxygen atoms in total. The van der Waals surface area contributed by atoms with Gasteiger partial charge in [0.1, 0.15) is 7.05 Å². The normalized spacial score (nSPS) is 13.0. The summed E-state index contributed by atoms with van der Waals surface area (Å²) in [5, 5.41) is 7.84. The van der Waals surface area contributed by atoms with Crippen LogP contribution in [0.1, 0.15) is 5.56 Å². The minimum atomic E-state index is 1.35. The number of aromatic nitrogens is 1. The van der Waals surface area contributed by atoms with Crippen molar-refractivity contribution in [3.63, 3.8) is 0 Å². The number of fused-ring (bicyclic) bond motifs is 6. The third-order valence-electron chi connectivity index (χ3n) is 5.14. The molecule has 0 aliphatic carbocycles. The number of rotatable bonds is 0. The molecule has 0 saturated carbocycles. The summed E-state index contributed by atoms with van der Waals surface area (Å²) >= 11 is 5.72. The van der Waals surface area contributed by atoms with E-state index in [4.69, 9.17) is 0 Å². The predicted octanol–water partition coefficient (Wildman–Crippen LogP) is 6.53. The van der Waals surface area contributed by atoms with Crippen molar-refractivity contribution >= 4 is 64.7 Å². The van der Waals surface area contributed by atoms with Gasteiger partial charge < -0.3 is 0 Å². The number of thiophene rings is 2. The van der Waals surface area contributed by atoms with Crippen LogP contribution in [0.15, 0.2) is 57.8 Å². The molecule has 25 heavy (non-hydrogen) atoms. The lowest BCUT2D eigenvalue weighted by Gasteiger charge is -2.19. The maximum atomic E-state index is 2.42. The summed E-state index contributed by atoms with van der Waals surface area (Å²) in [6, 6.07) is 13.6. The predicted molar refractivity (Wildman–Crippen MR) is 110 cm³/mol. The zero-order valence-corrected chi connectivity index (χ0v) is 16.2. The van der Waals surface area contributed by atoms with E-state index in [-0.39, 0.29) is 0 Å². The number of pyridine rings is 1. The quantitative estimate of drug-likeness (QED) is 0.272. The van der Waals surface area contributed by atoms with Crippen LogP contribution in [0.2, 0.25) is 0 Å². The number of aryl methyl sites for hydroxylation is 2. The fraction of sp³-hybridized carbons (Fsp3) is 0.0952. The van der Waals surface area contributed by atoms with Crippen molar-refractivity contribution in [2.24, 2.45) is 7.05 Å². The zero-order chi connectivity index (χ0) is 16.7. The Morgan fingerprint density at radius 3 is 2.80 bits per heavy atom. The van der Waals surface area contributed by atoms with Crippen LogP contribution < -0.4 is 4.57 Å². The lowest BCUT2D eigenvalue weighted by Crippen LogP contribution is -2.31. The Hall–Kier alpha value is -1.88. The second-order valence-electron chi connectivity index (χ2n) is 6.59. The van der Waals surface area contributed by atoms with E-state index in [1.807, 2.05) is 34.4 Å². The Bertz CT molecular complexity index is 1340. The fourth-order valence-electron chi connectivity index (χ4n) is 4.01. The van der Waals surface area contributed by atoms with Crippen molar-refractivity contribution < 1.29 is 4.57 Å². The molecule has 0 saturated heterocycles. The second-order valence-corrected chi connectivity index (χ2v) is 9.87. The average molecular weight is 377 g/mol. The number of nitrogens with zero attached hydrogens (tertiary/aromatic N) is 1. The number of benzene rings is 2. The Balaban J connectivity index is 1.89. The van der Waals surface area contributed by atoms with Gasteiger partial charge in [0, 0.05) is 36.7 Å². The van der Waals surface area contributed by atoms with Crippen molar-refractivity contribution in [1.29, 1.82) is 0 Å². The standard InChI is InChI=1S/C21H14NS3/c1-11-4-3-5-15-17(11)19-18-13(6-8-22(19)2)20-14(10-16(18)24-15)12-7-9-23-21(12)25-20/h3-10H,1-2H3/q+1. The van der Waals surface area contributed by atoms with Gasteiger partial charge in [-0.2, -0.15) is 0 Å². The topological polar surface area (TPSA) is 3.88 Å². The first-order valence-electron chi connectivity index (χ1n) is 8.25. The van der Waals surface area contributed by atoms with Gasteiger partial charge in [-0.15, -0.1) is 22.7 Å². The summed E-state index contributed by atoms with van der Waals surface area (Å²) in [6.45, 7) is 2.23. The summed E-state index contributed by atoms with van der Waals surface area (Å²) in [4.78, 5) is 2.75. The third-order valence-corrected chi connectivity index (χ3v) is 8.54. The molecule has 0 spiro atoms. The molecule has 1 aliphatic rings. The molecule has 0 fully saturated rings. The lowest BCUT2D eigenvalue weighted by molar-refractivity contribution is -0.659. The first kappa shape index (κ1) is 14.3. The molecule has 0 unspecified atom stereocenters. The van der Waals surface area contributed by atoms with Gasteiger partial charge in [-0.1, -0.05) is 23.9 Å². The van der Waals surface area contributed by atoms with Crippen LogP contribution in [-0.2, 0) is 7.05 Å². The van der Waals surface area contributed by atoms with Crippen molar-refractivity contribution in [3.05, 3.63) is 53.5 Å². The van der Waals surface area contributed by atoms with Crippen molar-refractivity contribution in [2.75, 3.05) is 0 Å². The van der Waals surface area contributed by atoms with Crippen LogP contribution in [0.25, 0.3) is 41.5 Å². The van der Waals surface area contributed by atoms with Crippen LogP contribution in [0.5, 0.6) is 0 Å². The summed E-state index contributed by atoms with van der Waals surface area (Å²) < 4.78 is 5.15. The Morgan fingerprint density at radius 2 is 1.88 bits per heavy atom.